The molecule has 0 saturated carbocycles. The summed E-state index contributed by atoms with van der Waals surface area (Å²) in [6, 6.07) is 13.8. The highest BCUT2D eigenvalue weighted by Crippen LogP contribution is 2.21. The third-order valence-corrected chi connectivity index (χ3v) is 4.36. The molecule has 0 bridgehead atoms. The Morgan fingerprint density at radius 1 is 0.778 bits per heavy atom. The Hall–Kier alpha value is -3.21. The number of aryl methyl sites for hydroxylation is 5. The first-order valence-corrected chi connectivity index (χ1v) is 8.90. The van der Waals surface area contributed by atoms with Gasteiger partial charge in [0, 0.05) is 17.1 Å². The molecular formula is C22H24N4O. The summed E-state index contributed by atoms with van der Waals surface area (Å²) in [7, 11) is 0. The lowest BCUT2D eigenvalue weighted by Gasteiger charge is -2.12. The molecule has 1 heterocycles. The zero-order chi connectivity index (χ0) is 19.6. The molecule has 0 aliphatic carbocycles. The van der Waals surface area contributed by atoms with E-state index in [0.717, 1.165) is 33.8 Å². The highest BCUT2D eigenvalue weighted by atomic mass is 16.1. The van der Waals surface area contributed by atoms with Crippen LogP contribution in [0.4, 0.5) is 17.3 Å². The van der Waals surface area contributed by atoms with Crippen molar-refractivity contribution in [2.45, 2.75) is 34.6 Å². The van der Waals surface area contributed by atoms with Crippen LogP contribution in [0.15, 0.2) is 42.5 Å². The van der Waals surface area contributed by atoms with Crippen molar-refractivity contribution in [1.82, 2.24) is 9.97 Å². The molecule has 1 aromatic heterocycles. The standard InChI is InChI=1S/C22H24N4O/c1-13-7-9-18(16(4)10-13)25-22-23-17(5)12-20(26-22)21(27)24-19-11-14(2)6-8-15(19)3/h6-12H,1-5H3,(H,24,27)(H,23,25,26). The van der Waals surface area contributed by atoms with Crippen molar-refractivity contribution in [3.8, 4) is 0 Å². The third-order valence-electron chi connectivity index (χ3n) is 4.36. The first-order chi connectivity index (χ1) is 12.8. The van der Waals surface area contributed by atoms with Gasteiger partial charge in [-0.2, -0.15) is 0 Å². The quantitative estimate of drug-likeness (QED) is 0.686. The zero-order valence-corrected chi connectivity index (χ0v) is 16.3. The van der Waals surface area contributed by atoms with E-state index in [0.29, 0.717) is 11.6 Å². The molecule has 0 saturated heterocycles. The van der Waals surface area contributed by atoms with E-state index in [-0.39, 0.29) is 5.91 Å². The predicted molar refractivity (Wildman–Crippen MR) is 110 cm³/mol. The smallest absolute Gasteiger partial charge is 0.274 e. The maximum absolute atomic E-state index is 12.7. The molecule has 0 atom stereocenters. The molecule has 5 heteroatoms. The Bertz CT molecular complexity index is 1010. The third kappa shape index (κ3) is 4.50. The molecule has 2 N–H and O–H groups in total. The summed E-state index contributed by atoms with van der Waals surface area (Å²) in [5.41, 5.74) is 7.16. The van der Waals surface area contributed by atoms with Crippen LogP contribution in [0.5, 0.6) is 0 Å². The molecule has 0 unspecified atom stereocenters. The van der Waals surface area contributed by atoms with Gasteiger partial charge in [0.1, 0.15) is 5.69 Å². The lowest BCUT2D eigenvalue weighted by Crippen LogP contribution is -2.16. The summed E-state index contributed by atoms with van der Waals surface area (Å²) in [6.07, 6.45) is 0. The van der Waals surface area contributed by atoms with Crippen LogP contribution in [0.3, 0.4) is 0 Å². The van der Waals surface area contributed by atoms with E-state index in [1.807, 2.05) is 58.0 Å². The Kier molecular flexibility index (Phi) is 5.21. The monoisotopic (exact) mass is 360 g/mol. The average molecular weight is 360 g/mol. The van der Waals surface area contributed by atoms with Crippen LogP contribution in [0.25, 0.3) is 0 Å². The van der Waals surface area contributed by atoms with E-state index < -0.39 is 0 Å². The van der Waals surface area contributed by atoms with Gasteiger partial charge in [-0.25, -0.2) is 9.97 Å². The zero-order valence-electron chi connectivity index (χ0n) is 16.3. The number of nitrogens with one attached hydrogen (secondary N) is 2. The second-order valence-corrected chi connectivity index (χ2v) is 6.93. The Morgan fingerprint density at radius 3 is 2.22 bits per heavy atom. The summed E-state index contributed by atoms with van der Waals surface area (Å²) < 4.78 is 0. The van der Waals surface area contributed by atoms with Crippen molar-refractivity contribution in [3.05, 3.63) is 76.1 Å². The molecule has 0 spiro atoms. The van der Waals surface area contributed by atoms with Crippen LogP contribution in [0, 0.1) is 34.6 Å². The van der Waals surface area contributed by atoms with Crippen molar-refractivity contribution in [2.24, 2.45) is 0 Å². The normalized spacial score (nSPS) is 10.6. The van der Waals surface area contributed by atoms with Crippen LogP contribution >= 0.6 is 0 Å². The van der Waals surface area contributed by atoms with E-state index in [1.54, 1.807) is 6.07 Å². The second kappa shape index (κ2) is 7.58. The SMILES string of the molecule is Cc1ccc(Nc2nc(C)cc(C(=O)Nc3cc(C)ccc3C)n2)c(C)c1. The first kappa shape index (κ1) is 18.6. The molecule has 3 rings (SSSR count). The molecular weight excluding hydrogens is 336 g/mol. The number of carbonyl (C=O) groups is 1. The summed E-state index contributed by atoms with van der Waals surface area (Å²) in [5, 5.41) is 6.17. The van der Waals surface area contributed by atoms with Crippen molar-refractivity contribution in [3.63, 3.8) is 0 Å². The molecule has 0 fully saturated rings. The molecule has 0 radical (unpaired) electrons. The summed E-state index contributed by atoms with van der Waals surface area (Å²) in [5.74, 6) is 0.158. The maximum atomic E-state index is 12.7. The number of nitrogens with zero attached hydrogens (tertiary/aromatic N) is 2. The van der Waals surface area contributed by atoms with Gasteiger partial charge in [-0.15, -0.1) is 0 Å². The van der Waals surface area contributed by atoms with Gasteiger partial charge in [-0.05, 0) is 69.5 Å². The van der Waals surface area contributed by atoms with E-state index in [1.165, 1.54) is 5.56 Å². The van der Waals surface area contributed by atoms with Crippen molar-refractivity contribution in [2.75, 3.05) is 10.6 Å². The summed E-state index contributed by atoms with van der Waals surface area (Å²) >= 11 is 0. The minimum absolute atomic E-state index is 0.252. The summed E-state index contributed by atoms with van der Waals surface area (Å²) in [6.45, 7) is 9.89. The molecule has 0 aliphatic rings. The number of anilines is 3. The lowest BCUT2D eigenvalue weighted by atomic mass is 10.1. The van der Waals surface area contributed by atoms with Gasteiger partial charge in [0.25, 0.3) is 5.91 Å². The number of rotatable bonds is 4. The Morgan fingerprint density at radius 2 is 1.48 bits per heavy atom. The molecule has 0 aliphatic heterocycles. The van der Waals surface area contributed by atoms with E-state index in [9.17, 15) is 4.79 Å². The van der Waals surface area contributed by atoms with Crippen LogP contribution in [-0.4, -0.2) is 15.9 Å². The number of hydrogen-bond donors (Lipinski definition) is 2. The largest absolute Gasteiger partial charge is 0.324 e. The minimum atomic E-state index is -0.252. The van der Waals surface area contributed by atoms with Crippen molar-refractivity contribution >= 4 is 23.2 Å². The Balaban J connectivity index is 1.86. The topological polar surface area (TPSA) is 66.9 Å². The number of amides is 1. The predicted octanol–water partition coefficient (Wildman–Crippen LogP) is 5.01. The molecule has 5 nitrogen and oxygen atoms in total. The fraction of sp³-hybridized carbons (Fsp3) is 0.227. The van der Waals surface area contributed by atoms with E-state index in [4.69, 9.17) is 0 Å². The average Bonchev–Trinajstić information content (AvgIpc) is 2.60. The minimum Gasteiger partial charge on any atom is -0.324 e. The molecule has 27 heavy (non-hydrogen) atoms. The van der Waals surface area contributed by atoms with Gasteiger partial charge >= 0.3 is 0 Å². The highest BCUT2D eigenvalue weighted by Gasteiger charge is 2.13. The number of benzene rings is 2. The van der Waals surface area contributed by atoms with E-state index >= 15 is 0 Å². The van der Waals surface area contributed by atoms with Crippen LogP contribution in [0.2, 0.25) is 0 Å². The van der Waals surface area contributed by atoms with Crippen LogP contribution < -0.4 is 10.6 Å². The molecule has 138 valence electrons. The van der Waals surface area contributed by atoms with Gasteiger partial charge in [-0.3, -0.25) is 4.79 Å². The number of hydrogen-bond acceptors (Lipinski definition) is 4. The van der Waals surface area contributed by atoms with Crippen molar-refractivity contribution in [1.29, 1.82) is 0 Å². The van der Waals surface area contributed by atoms with Crippen molar-refractivity contribution < 1.29 is 4.79 Å². The van der Waals surface area contributed by atoms with Gasteiger partial charge in [0.15, 0.2) is 0 Å². The first-order valence-electron chi connectivity index (χ1n) is 8.90. The van der Waals surface area contributed by atoms with Gasteiger partial charge < -0.3 is 10.6 Å². The maximum Gasteiger partial charge on any atom is 0.274 e. The lowest BCUT2D eigenvalue weighted by molar-refractivity contribution is 0.102. The van der Waals surface area contributed by atoms with Crippen LogP contribution in [0.1, 0.15) is 38.4 Å². The fourth-order valence-corrected chi connectivity index (χ4v) is 2.87. The van der Waals surface area contributed by atoms with Gasteiger partial charge in [-0.1, -0.05) is 29.8 Å². The fourth-order valence-electron chi connectivity index (χ4n) is 2.87. The van der Waals surface area contributed by atoms with Gasteiger partial charge in [0.05, 0.1) is 0 Å². The molecule has 1 amide bonds. The van der Waals surface area contributed by atoms with Crippen LogP contribution in [-0.2, 0) is 0 Å². The number of carbonyl (C=O) groups excluding carboxylic acids is 1. The Labute approximate surface area is 159 Å². The number of aromatic nitrogens is 2. The highest BCUT2D eigenvalue weighted by molar-refractivity contribution is 6.03. The molecule has 3 aromatic rings. The van der Waals surface area contributed by atoms with Gasteiger partial charge in [0.2, 0.25) is 5.95 Å². The van der Waals surface area contributed by atoms with E-state index in [2.05, 4.69) is 33.6 Å². The molecule has 2 aromatic carbocycles. The summed E-state index contributed by atoms with van der Waals surface area (Å²) in [4.78, 5) is 21.5. The second-order valence-electron chi connectivity index (χ2n) is 6.93.